The van der Waals surface area contributed by atoms with Gasteiger partial charge >= 0.3 is 14.6 Å². The van der Waals surface area contributed by atoms with E-state index in [2.05, 4.69) is 34.1 Å². The van der Waals surface area contributed by atoms with E-state index in [1.807, 2.05) is 18.2 Å². The number of nitrogens with zero attached hydrogens (tertiary/aromatic N) is 1. The molecular formula is C32H59NO6P+. The number of unbranched alkanes of at least 4 members (excludes halogenated alkanes) is 11. The molecule has 232 valence electrons. The molecule has 0 saturated carbocycles. The molecule has 2 atom stereocenters. The number of benzene rings is 1. The molecule has 1 N–H and O–H groups in total. The molecular weight excluding hydrogens is 525 g/mol. The van der Waals surface area contributed by atoms with E-state index in [-0.39, 0.29) is 25.6 Å². The van der Waals surface area contributed by atoms with Crippen LogP contribution in [-0.2, 0) is 25.0 Å². The minimum atomic E-state index is -2.04. The van der Waals surface area contributed by atoms with Crippen LogP contribution in [0.15, 0.2) is 24.3 Å². The summed E-state index contributed by atoms with van der Waals surface area (Å²) in [5.41, 5.74) is 1.17. The maximum absolute atomic E-state index is 12.0. The molecule has 0 aliphatic carbocycles. The van der Waals surface area contributed by atoms with E-state index in [0.29, 0.717) is 6.61 Å². The zero-order chi connectivity index (χ0) is 29.5. The van der Waals surface area contributed by atoms with E-state index in [0.717, 1.165) is 36.0 Å². The summed E-state index contributed by atoms with van der Waals surface area (Å²) in [6.07, 6.45) is 17.4. The molecule has 1 rings (SSSR count). The molecule has 0 fully saturated rings. The molecule has 0 aliphatic heterocycles. The largest absolute Gasteiger partial charge is 0.489 e. The third kappa shape index (κ3) is 20.6. The lowest BCUT2D eigenvalue weighted by Gasteiger charge is -2.24. The standard InChI is InChI=1S/C32H59NO6P/c1-6-8-9-10-11-12-13-14-15-16-17-18-22-29-23-19-20-24-31(29)36-27-30(39-32(34)7-2)28-38-40(35)37-26-21-25-33(3,4)5/h19-20,23-24,30,35H,6-18,21-22,25-28H2,1-5H3/q+1. The van der Waals surface area contributed by atoms with Crippen molar-refractivity contribution >= 4 is 14.6 Å². The number of quaternary nitrogens is 1. The fourth-order valence-electron chi connectivity index (χ4n) is 4.44. The average molecular weight is 585 g/mol. The first kappa shape index (κ1) is 36.8. The molecule has 0 saturated heterocycles. The van der Waals surface area contributed by atoms with Gasteiger partial charge in [0, 0.05) is 12.8 Å². The van der Waals surface area contributed by atoms with Crippen molar-refractivity contribution in [1.82, 2.24) is 0 Å². The lowest BCUT2D eigenvalue weighted by molar-refractivity contribution is -0.870. The van der Waals surface area contributed by atoms with Crippen LogP contribution in [0.3, 0.4) is 0 Å². The molecule has 0 bridgehead atoms. The third-order valence-corrected chi connectivity index (χ3v) is 7.60. The van der Waals surface area contributed by atoms with E-state index < -0.39 is 14.7 Å². The SMILES string of the molecule is CCCCCCCCCCCCCCc1ccccc1OCC(COP(O)OCCC[N+](C)(C)C)OC(=O)CC. The molecule has 0 amide bonds. The fraction of sp³-hybridized carbons (Fsp3) is 0.781. The molecule has 1 aromatic rings. The predicted octanol–water partition coefficient (Wildman–Crippen LogP) is 7.98. The number of aryl methyl sites for hydroxylation is 1. The number of carbonyl (C=O) groups is 1. The number of para-hydroxylation sites is 1. The van der Waals surface area contributed by atoms with Gasteiger partial charge in [0.25, 0.3) is 0 Å². The van der Waals surface area contributed by atoms with Crippen LogP contribution in [0.5, 0.6) is 5.75 Å². The summed E-state index contributed by atoms with van der Waals surface area (Å²) >= 11 is 0. The molecule has 40 heavy (non-hydrogen) atoms. The number of hydrogen-bond donors (Lipinski definition) is 1. The summed E-state index contributed by atoms with van der Waals surface area (Å²) in [4.78, 5) is 22.1. The van der Waals surface area contributed by atoms with Gasteiger partial charge in [0.15, 0.2) is 6.10 Å². The van der Waals surface area contributed by atoms with Crippen molar-refractivity contribution in [2.45, 2.75) is 116 Å². The highest BCUT2D eigenvalue weighted by Gasteiger charge is 2.19. The summed E-state index contributed by atoms with van der Waals surface area (Å²) in [5.74, 6) is 0.485. The van der Waals surface area contributed by atoms with Crippen LogP contribution in [-0.4, -0.2) is 69.0 Å². The Hall–Kier alpha value is -1.24. The molecule has 0 aliphatic rings. The summed E-state index contributed by atoms with van der Waals surface area (Å²) < 4.78 is 23.3. The van der Waals surface area contributed by atoms with Gasteiger partial charge in [-0.25, -0.2) is 0 Å². The van der Waals surface area contributed by atoms with Gasteiger partial charge in [-0.15, -0.1) is 0 Å². The first-order valence-electron chi connectivity index (χ1n) is 15.7. The van der Waals surface area contributed by atoms with Crippen LogP contribution in [0.25, 0.3) is 0 Å². The lowest BCUT2D eigenvalue weighted by Crippen LogP contribution is -2.35. The molecule has 7 nitrogen and oxygen atoms in total. The van der Waals surface area contributed by atoms with Crippen LogP contribution >= 0.6 is 8.60 Å². The first-order valence-corrected chi connectivity index (χ1v) is 16.8. The zero-order valence-electron chi connectivity index (χ0n) is 26.2. The second-order valence-corrected chi connectivity index (χ2v) is 12.7. The number of ether oxygens (including phenoxy) is 2. The Labute approximate surface area is 246 Å². The second kappa shape index (κ2) is 23.3. The summed E-state index contributed by atoms with van der Waals surface area (Å²) in [6, 6.07) is 8.07. The summed E-state index contributed by atoms with van der Waals surface area (Å²) in [5, 5.41) is 0. The minimum absolute atomic E-state index is 0.0180. The van der Waals surface area contributed by atoms with Gasteiger partial charge in [-0.1, -0.05) is 103 Å². The van der Waals surface area contributed by atoms with Crippen molar-refractivity contribution < 1.29 is 32.7 Å². The Morgan fingerprint density at radius 3 is 2.02 bits per heavy atom. The second-order valence-electron chi connectivity index (χ2n) is 11.8. The Morgan fingerprint density at radius 2 is 1.43 bits per heavy atom. The molecule has 0 heterocycles. The highest BCUT2D eigenvalue weighted by Crippen LogP contribution is 2.33. The summed E-state index contributed by atoms with van der Waals surface area (Å²) in [7, 11) is 4.30. The van der Waals surface area contributed by atoms with Crippen molar-refractivity contribution in [2.75, 3.05) is 47.5 Å². The maximum atomic E-state index is 12.0. The quantitative estimate of drug-likeness (QED) is 0.0515. The van der Waals surface area contributed by atoms with Crippen LogP contribution in [0, 0.1) is 0 Å². The zero-order valence-corrected chi connectivity index (χ0v) is 27.1. The van der Waals surface area contributed by atoms with Crippen molar-refractivity contribution in [3.8, 4) is 5.75 Å². The van der Waals surface area contributed by atoms with Gasteiger partial charge in [-0.05, 0) is 24.5 Å². The van der Waals surface area contributed by atoms with Crippen molar-refractivity contribution in [1.29, 1.82) is 0 Å². The molecule has 0 aromatic heterocycles. The monoisotopic (exact) mass is 584 g/mol. The van der Waals surface area contributed by atoms with E-state index in [1.165, 1.54) is 76.2 Å². The van der Waals surface area contributed by atoms with E-state index in [1.54, 1.807) is 6.92 Å². The predicted molar refractivity (Wildman–Crippen MR) is 165 cm³/mol. The van der Waals surface area contributed by atoms with Gasteiger partial charge in [-0.2, -0.15) is 0 Å². The molecule has 2 unspecified atom stereocenters. The number of rotatable bonds is 26. The Balaban J connectivity index is 2.37. The number of carbonyl (C=O) groups excluding carboxylic acids is 1. The molecule has 0 radical (unpaired) electrons. The van der Waals surface area contributed by atoms with E-state index >= 15 is 0 Å². The molecule has 1 aromatic carbocycles. The number of esters is 1. The van der Waals surface area contributed by atoms with Crippen molar-refractivity contribution in [3.05, 3.63) is 29.8 Å². The van der Waals surface area contributed by atoms with E-state index in [4.69, 9.17) is 18.5 Å². The fourth-order valence-corrected chi connectivity index (χ4v) is 5.10. The average Bonchev–Trinajstić information content (AvgIpc) is 2.93. The highest BCUT2D eigenvalue weighted by atomic mass is 31.2. The molecule has 8 heteroatoms. The van der Waals surface area contributed by atoms with Crippen LogP contribution in [0.2, 0.25) is 0 Å². The van der Waals surface area contributed by atoms with E-state index in [9.17, 15) is 9.69 Å². The highest BCUT2D eigenvalue weighted by molar-refractivity contribution is 7.40. The number of hydrogen-bond acceptors (Lipinski definition) is 6. The maximum Gasteiger partial charge on any atom is 0.329 e. The Morgan fingerprint density at radius 1 is 0.825 bits per heavy atom. The van der Waals surface area contributed by atoms with Crippen molar-refractivity contribution in [2.24, 2.45) is 0 Å². The van der Waals surface area contributed by atoms with Gasteiger partial charge in [0.05, 0.1) is 40.9 Å². The topological polar surface area (TPSA) is 74.2 Å². The third-order valence-electron chi connectivity index (χ3n) is 6.83. The van der Waals surface area contributed by atoms with Gasteiger partial charge in [0.1, 0.15) is 12.4 Å². The van der Waals surface area contributed by atoms with Gasteiger partial charge < -0.3 is 27.9 Å². The minimum Gasteiger partial charge on any atom is -0.489 e. The van der Waals surface area contributed by atoms with Gasteiger partial charge in [-0.3, -0.25) is 4.79 Å². The van der Waals surface area contributed by atoms with Crippen molar-refractivity contribution in [3.63, 3.8) is 0 Å². The Kier molecular flexibility index (Phi) is 21.5. The van der Waals surface area contributed by atoms with Crippen LogP contribution in [0.4, 0.5) is 0 Å². The van der Waals surface area contributed by atoms with Gasteiger partial charge in [0.2, 0.25) is 0 Å². The molecule has 0 spiro atoms. The smallest absolute Gasteiger partial charge is 0.329 e. The van der Waals surface area contributed by atoms with Crippen LogP contribution < -0.4 is 4.74 Å². The van der Waals surface area contributed by atoms with Crippen LogP contribution in [0.1, 0.15) is 109 Å². The lowest BCUT2D eigenvalue weighted by atomic mass is 10.0. The first-order chi connectivity index (χ1) is 19.2. The summed E-state index contributed by atoms with van der Waals surface area (Å²) in [6.45, 7) is 5.55. The normalized spacial score (nSPS) is 13.2. The Bertz CT molecular complexity index is 757.